The Morgan fingerprint density at radius 2 is 1.80 bits per heavy atom. The topological polar surface area (TPSA) is 92.5 Å². The second-order valence-corrected chi connectivity index (χ2v) is 6.50. The summed E-state index contributed by atoms with van der Waals surface area (Å²) in [7, 11) is -0.462. The summed E-state index contributed by atoms with van der Waals surface area (Å²) in [5.74, 6) is -0.252. The Hall–Kier alpha value is -1.15. The summed E-state index contributed by atoms with van der Waals surface area (Å²) in [6.45, 7) is 1.74. The van der Waals surface area contributed by atoms with Gasteiger partial charge < -0.3 is 11.1 Å². The summed E-state index contributed by atoms with van der Waals surface area (Å²) < 4.78 is 24.9. The SMILES string of the molecule is CC(NC(=O)CN)c1ccc(S(=O)(=O)N(C)C)cc1.Cl. The number of sulfonamides is 1. The first-order valence-corrected chi connectivity index (χ1v) is 7.25. The highest BCUT2D eigenvalue weighted by atomic mass is 35.5. The molecule has 6 nitrogen and oxygen atoms in total. The molecule has 0 aliphatic carbocycles. The van der Waals surface area contributed by atoms with Gasteiger partial charge in [-0.1, -0.05) is 12.1 Å². The molecule has 0 heterocycles. The number of carbonyl (C=O) groups excluding carboxylic acids is 1. The quantitative estimate of drug-likeness (QED) is 0.825. The molecule has 0 aromatic heterocycles. The van der Waals surface area contributed by atoms with E-state index in [1.807, 2.05) is 6.92 Å². The van der Waals surface area contributed by atoms with E-state index in [-0.39, 0.29) is 35.8 Å². The summed E-state index contributed by atoms with van der Waals surface area (Å²) in [5, 5.41) is 2.70. The van der Waals surface area contributed by atoms with Gasteiger partial charge in [0.15, 0.2) is 0 Å². The van der Waals surface area contributed by atoms with Crippen LogP contribution in [0.1, 0.15) is 18.5 Å². The third-order valence-corrected chi connectivity index (χ3v) is 4.55. The molecule has 1 aromatic rings. The first kappa shape index (κ1) is 18.9. The Kier molecular flexibility index (Phi) is 7.15. The maximum Gasteiger partial charge on any atom is 0.242 e. The Labute approximate surface area is 125 Å². The monoisotopic (exact) mass is 321 g/mol. The molecule has 3 N–H and O–H groups in total. The average Bonchev–Trinajstić information content (AvgIpc) is 2.38. The molecule has 8 heteroatoms. The number of benzene rings is 1. The van der Waals surface area contributed by atoms with Crippen molar-refractivity contribution in [3.63, 3.8) is 0 Å². The number of halogens is 1. The fraction of sp³-hybridized carbons (Fsp3) is 0.417. The van der Waals surface area contributed by atoms with Crippen LogP contribution in [-0.4, -0.2) is 39.3 Å². The van der Waals surface area contributed by atoms with E-state index >= 15 is 0 Å². The van der Waals surface area contributed by atoms with E-state index in [1.165, 1.54) is 26.2 Å². The first-order valence-electron chi connectivity index (χ1n) is 5.81. The van der Waals surface area contributed by atoms with Crippen LogP contribution in [0.2, 0.25) is 0 Å². The van der Waals surface area contributed by atoms with Crippen LogP contribution in [0.4, 0.5) is 0 Å². The van der Waals surface area contributed by atoms with Crippen LogP contribution in [-0.2, 0) is 14.8 Å². The molecule has 0 saturated carbocycles. The van der Waals surface area contributed by atoms with Crippen LogP contribution >= 0.6 is 12.4 Å². The van der Waals surface area contributed by atoms with E-state index in [0.717, 1.165) is 9.87 Å². The van der Waals surface area contributed by atoms with Gasteiger partial charge in [-0.3, -0.25) is 4.79 Å². The highest BCUT2D eigenvalue weighted by molar-refractivity contribution is 7.89. The highest BCUT2D eigenvalue weighted by Crippen LogP contribution is 2.17. The minimum Gasteiger partial charge on any atom is -0.348 e. The molecule has 0 bridgehead atoms. The lowest BCUT2D eigenvalue weighted by Crippen LogP contribution is -2.32. The van der Waals surface area contributed by atoms with Gasteiger partial charge in [-0.25, -0.2) is 12.7 Å². The molecule has 0 aliphatic heterocycles. The first-order chi connectivity index (χ1) is 8.78. The summed E-state index contributed by atoms with van der Waals surface area (Å²) in [4.78, 5) is 11.4. The molecule has 0 fully saturated rings. The van der Waals surface area contributed by atoms with E-state index in [2.05, 4.69) is 5.32 Å². The molecule has 1 unspecified atom stereocenters. The molecule has 20 heavy (non-hydrogen) atoms. The lowest BCUT2D eigenvalue weighted by molar-refractivity contribution is -0.120. The Morgan fingerprint density at radius 3 is 2.20 bits per heavy atom. The minimum atomic E-state index is -3.42. The van der Waals surface area contributed by atoms with Crippen molar-refractivity contribution in [3.8, 4) is 0 Å². The van der Waals surface area contributed by atoms with Crippen molar-refractivity contribution in [2.75, 3.05) is 20.6 Å². The van der Waals surface area contributed by atoms with Gasteiger partial charge in [0.25, 0.3) is 0 Å². The molecule has 114 valence electrons. The van der Waals surface area contributed by atoms with Gasteiger partial charge in [0.05, 0.1) is 17.5 Å². The molecular weight excluding hydrogens is 302 g/mol. The third kappa shape index (κ3) is 4.45. The third-order valence-electron chi connectivity index (χ3n) is 2.72. The molecule has 1 amide bonds. The van der Waals surface area contributed by atoms with Gasteiger partial charge in [0.1, 0.15) is 0 Å². The number of rotatable bonds is 5. The van der Waals surface area contributed by atoms with Crippen molar-refractivity contribution in [1.29, 1.82) is 0 Å². The number of nitrogens with two attached hydrogens (primary N) is 1. The van der Waals surface area contributed by atoms with Crippen LogP contribution < -0.4 is 11.1 Å². The fourth-order valence-electron chi connectivity index (χ4n) is 1.52. The molecule has 1 aromatic carbocycles. The smallest absolute Gasteiger partial charge is 0.242 e. The molecular formula is C12H20ClN3O3S. The van der Waals surface area contributed by atoms with Crippen molar-refractivity contribution in [3.05, 3.63) is 29.8 Å². The van der Waals surface area contributed by atoms with Crippen LogP contribution in [0, 0.1) is 0 Å². The van der Waals surface area contributed by atoms with Crippen molar-refractivity contribution in [2.24, 2.45) is 5.73 Å². The summed E-state index contributed by atoms with van der Waals surface area (Å²) in [5.41, 5.74) is 6.04. The number of nitrogens with zero attached hydrogens (tertiary/aromatic N) is 1. The minimum absolute atomic E-state index is 0. The Balaban J connectivity index is 0.00000361. The summed E-state index contributed by atoms with van der Waals surface area (Å²) in [6.07, 6.45) is 0. The van der Waals surface area contributed by atoms with E-state index < -0.39 is 10.0 Å². The van der Waals surface area contributed by atoms with Crippen molar-refractivity contribution >= 4 is 28.3 Å². The predicted molar refractivity (Wildman–Crippen MR) is 80.2 cm³/mol. The maximum atomic E-state index is 11.9. The normalized spacial score (nSPS) is 12.7. The van der Waals surface area contributed by atoms with Gasteiger partial charge in [-0.2, -0.15) is 0 Å². The Morgan fingerprint density at radius 1 is 1.30 bits per heavy atom. The van der Waals surface area contributed by atoms with Crippen LogP contribution in [0.3, 0.4) is 0 Å². The van der Waals surface area contributed by atoms with Crippen LogP contribution in [0.15, 0.2) is 29.2 Å². The zero-order valence-electron chi connectivity index (χ0n) is 11.7. The van der Waals surface area contributed by atoms with Gasteiger partial charge in [-0.05, 0) is 24.6 Å². The van der Waals surface area contributed by atoms with E-state index in [1.54, 1.807) is 12.1 Å². The zero-order chi connectivity index (χ0) is 14.6. The Bertz CT molecular complexity index is 544. The molecule has 1 rings (SSSR count). The molecule has 1 atom stereocenters. The van der Waals surface area contributed by atoms with Crippen LogP contribution in [0.25, 0.3) is 0 Å². The van der Waals surface area contributed by atoms with E-state index in [9.17, 15) is 13.2 Å². The maximum absolute atomic E-state index is 11.9. The largest absolute Gasteiger partial charge is 0.348 e. The fourth-order valence-corrected chi connectivity index (χ4v) is 2.42. The molecule has 0 aliphatic rings. The van der Waals surface area contributed by atoms with Crippen molar-refractivity contribution in [2.45, 2.75) is 17.9 Å². The number of hydrogen-bond acceptors (Lipinski definition) is 4. The lowest BCUT2D eigenvalue weighted by atomic mass is 10.1. The van der Waals surface area contributed by atoms with Gasteiger partial charge in [0.2, 0.25) is 15.9 Å². The van der Waals surface area contributed by atoms with Gasteiger partial charge in [0, 0.05) is 14.1 Å². The lowest BCUT2D eigenvalue weighted by Gasteiger charge is -2.15. The molecule has 0 spiro atoms. The van der Waals surface area contributed by atoms with Gasteiger partial charge >= 0.3 is 0 Å². The molecule has 0 saturated heterocycles. The average molecular weight is 322 g/mol. The van der Waals surface area contributed by atoms with E-state index in [0.29, 0.717) is 0 Å². The second kappa shape index (κ2) is 7.58. The van der Waals surface area contributed by atoms with Crippen molar-refractivity contribution in [1.82, 2.24) is 9.62 Å². The van der Waals surface area contributed by atoms with Gasteiger partial charge in [-0.15, -0.1) is 12.4 Å². The second-order valence-electron chi connectivity index (χ2n) is 4.35. The van der Waals surface area contributed by atoms with E-state index in [4.69, 9.17) is 5.73 Å². The summed E-state index contributed by atoms with van der Waals surface area (Å²) >= 11 is 0. The number of hydrogen-bond donors (Lipinski definition) is 2. The molecule has 0 radical (unpaired) electrons. The highest BCUT2D eigenvalue weighted by Gasteiger charge is 2.17. The summed E-state index contributed by atoms with van der Waals surface area (Å²) in [6, 6.07) is 6.19. The zero-order valence-corrected chi connectivity index (χ0v) is 13.3. The number of amides is 1. The van der Waals surface area contributed by atoms with Crippen molar-refractivity contribution < 1.29 is 13.2 Å². The number of carbonyl (C=O) groups is 1. The number of nitrogens with one attached hydrogen (secondary N) is 1. The van der Waals surface area contributed by atoms with Crippen LogP contribution in [0.5, 0.6) is 0 Å². The predicted octanol–water partition coefficient (Wildman–Crippen LogP) is 0.495. The standard InChI is InChI=1S/C12H19N3O3S.ClH/c1-9(14-12(16)8-13)10-4-6-11(7-5-10)19(17,18)15(2)3;/h4-7,9H,8,13H2,1-3H3,(H,14,16);1H.